The van der Waals surface area contributed by atoms with Gasteiger partial charge in [0.05, 0.1) is 0 Å². The molecule has 0 rings (SSSR count). The molecule has 0 radical (unpaired) electrons. The fraction of sp³-hybridized carbons (Fsp3) is 1.00. The average Bonchev–Trinajstić information content (AvgIpc) is 2.11. The maximum atomic E-state index is 2.35. The first-order valence-electron chi connectivity index (χ1n) is 4.81. The predicted molar refractivity (Wildman–Crippen MR) is 64.4 cm³/mol. The van der Waals surface area contributed by atoms with E-state index in [0.717, 1.165) is 10.5 Å². The highest BCUT2D eigenvalue weighted by atomic mass is 32.2. The van der Waals surface area contributed by atoms with Gasteiger partial charge in [-0.05, 0) is 18.9 Å². The monoisotopic (exact) mass is 206 g/mol. The highest BCUT2D eigenvalue weighted by Crippen LogP contribution is 2.25. The highest BCUT2D eigenvalue weighted by Gasteiger charge is 2.13. The van der Waals surface area contributed by atoms with Gasteiger partial charge in [0.1, 0.15) is 0 Å². The van der Waals surface area contributed by atoms with Gasteiger partial charge in [0.15, 0.2) is 0 Å². The van der Waals surface area contributed by atoms with Crippen LogP contribution in [0.1, 0.15) is 39.5 Å². The largest absolute Gasteiger partial charge is 0.161 e. The summed E-state index contributed by atoms with van der Waals surface area (Å²) in [6.07, 6.45) is 10.0. The van der Waals surface area contributed by atoms with Gasteiger partial charge in [-0.2, -0.15) is 23.5 Å². The van der Waals surface area contributed by atoms with Crippen LogP contribution in [0.25, 0.3) is 0 Å². The quantitative estimate of drug-likeness (QED) is 0.576. The van der Waals surface area contributed by atoms with Crippen molar-refractivity contribution < 1.29 is 0 Å². The number of thioether (sulfide) groups is 2. The van der Waals surface area contributed by atoms with Crippen LogP contribution in [0.3, 0.4) is 0 Å². The maximum absolute atomic E-state index is 2.35. The van der Waals surface area contributed by atoms with Crippen LogP contribution in [0.15, 0.2) is 0 Å². The standard InChI is InChI=1S/C10H22S2/c1-5-6-7-8-10(12-4)9(2)11-3/h9-10H,5-8H2,1-4H3. The summed E-state index contributed by atoms with van der Waals surface area (Å²) in [5.41, 5.74) is 0. The Morgan fingerprint density at radius 3 is 2.17 bits per heavy atom. The molecule has 0 spiro atoms. The van der Waals surface area contributed by atoms with Gasteiger partial charge in [-0.3, -0.25) is 0 Å². The topological polar surface area (TPSA) is 0 Å². The molecule has 0 saturated carbocycles. The number of unbranched alkanes of at least 4 members (excludes halogenated alkanes) is 2. The number of rotatable bonds is 7. The molecule has 0 heterocycles. The van der Waals surface area contributed by atoms with Gasteiger partial charge < -0.3 is 0 Å². The van der Waals surface area contributed by atoms with Gasteiger partial charge in [-0.25, -0.2) is 0 Å². The van der Waals surface area contributed by atoms with E-state index < -0.39 is 0 Å². The normalized spacial score (nSPS) is 16.0. The third-order valence-electron chi connectivity index (χ3n) is 2.29. The van der Waals surface area contributed by atoms with Gasteiger partial charge in [-0.15, -0.1) is 0 Å². The van der Waals surface area contributed by atoms with Crippen LogP contribution in [0, 0.1) is 0 Å². The van der Waals surface area contributed by atoms with Crippen molar-refractivity contribution >= 4 is 23.5 Å². The lowest BCUT2D eigenvalue weighted by Gasteiger charge is -2.19. The zero-order valence-corrected chi connectivity index (χ0v) is 10.4. The Balaban J connectivity index is 3.52. The number of hydrogen-bond donors (Lipinski definition) is 0. The van der Waals surface area contributed by atoms with Gasteiger partial charge in [-0.1, -0.05) is 33.1 Å². The molecule has 0 aromatic heterocycles. The first kappa shape index (κ1) is 12.7. The molecule has 0 aromatic rings. The van der Waals surface area contributed by atoms with Crippen LogP contribution in [0.2, 0.25) is 0 Å². The zero-order valence-electron chi connectivity index (χ0n) is 8.80. The van der Waals surface area contributed by atoms with E-state index >= 15 is 0 Å². The van der Waals surface area contributed by atoms with E-state index in [1.54, 1.807) is 0 Å². The Morgan fingerprint density at radius 1 is 1.08 bits per heavy atom. The maximum Gasteiger partial charge on any atom is 0.0160 e. The number of hydrogen-bond acceptors (Lipinski definition) is 2. The second-order valence-corrected chi connectivity index (χ2v) is 5.50. The molecule has 0 aliphatic heterocycles. The molecular weight excluding hydrogens is 184 g/mol. The van der Waals surface area contributed by atoms with Crippen LogP contribution < -0.4 is 0 Å². The molecule has 0 fully saturated rings. The van der Waals surface area contributed by atoms with E-state index in [9.17, 15) is 0 Å². The molecule has 0 aliphatic carbocycles. The summed E-state index contributed by atoms with van der Waals surface area (Å²) in [6, 6.07) is 0. The fourth-order valence-electron chi connectivity index (χ4n) is 1.29. The molecule has 0 aliphatic rings. The van der Waals surface area contributed by atoms with Crippen LogP contribution in [-0.4, -0.2) is 23.0 Å². The average molecular weight is 206 g/mol. The lowest BCUT2D eigenvalue weighted by molar-refractivity contribution is 0.642. The fourth-order valence-corrected chi connectivity index (χ4v) is 3.18. The van der Waals surface area contributed by atoms with Crippen molar-refractivity contribution in [2.45, 2.75) is 50.0 Å². The first-order chi connectivity index (χ1) is 5.76. The Kier molecular flexibility index (Phi) is 8.79. The molecule has 0 bridgehead atoms. The Bertz CT molecular complexity index is 93.8. The van der Waals surface area contributed by atoms with Gasteiger partial charge in [0, 0.05) is 10.5 Å². The summed E-state index contributed by atoms with van der Waals surface area (Å²) in [5, 5.41) is 1.68. The molecule has 0 saturated heterocycles. The minimum Gasteiger partial charge on any atom is -0.161 e. The van der Waals surface area contributed by atoms with Crippen molar-refractivity contribution in [3.8, 4) is 0 Å². The van der Waals surface area contributed by atoms with Gasteiger partial charge >= 0.3 is 0 Å². The lowest BCUT2D eigenvalue weighted by atomic mass is 10.1. The lowest BCUT2D eigenvalue weighted by Crippen LogP contribution is -2.15. The molecule has 0 N–H and O–H groups in total. The van der Waals surface area contributed by atoms with E-state index in [0.29, 0.717) is 0 Å². The summed E-state index contributed by atoms with van der Waals surface area (Å²) >= 11 is 4.03. The SMILES string of the molecule is CCCCCC(SC)C(C)SC. The van der Waals surface area contributed by atoms with E-state index in [2.05, 4.69) is 26.4 Å². The van der Waals surface area contributed by atoms with E-state index in [4.69, 9.17) is 0 Å². The van der Waals surface area contributed by atoms with Crippen molar-refractivity contribution in [1.29, 1.82) is 0 Å². The van der Waals surface area contributed by atoms with Crippen LogP contribution in [0.5, 0.6) is 0 Å². The Hall–Kier alpha value is 0.700. The Labute approximate surface area is 86.3 Å². The third-order valence-corrected chi connectivity index (χ3v) is 4.78. The van der Waals surface area contributed by atoms with Crippen molar-refractivity contribution in [1.82, 2.24) is 0 Å². The predicted octanol–water partition coefficient (Wildman–Crippen LogP) is 4.05. The molecule has 0 nitrogen and oxygen atoms in total. The van der Waals surface area contributed by atoms with E-state index in [1.165, 1.54) is 25.7 Å². The zero-order chi connectivity index (χ0) is 9.40. The molecule has 2 unspecified atom stereocenters. The molecule has 2 atom stereocenters. The van der Waals surface area contributed by atoms with Crippen LogP contribution in [-0.2, 0) is 0 Å². The molecule has 0 amide bonds. The van der Waals surface area contributed by atoms with Crippen molar-refractivity contribution in [2.75, 3.05) is 12.5 Å². The summed E-state index contributed by atoms with van der Waals surface area (Å²) in [5.74, 6) is 0. The molecule has 2 heteroatoms. The smallest absolute Gasteiger partial charge is 0.0160 e. The van der Waals surface area contributed by atoms with Crippen LogP contribution in [0.4, 0.5) is 0 Å². The minimum absolute atomic E-state index is 0.817. The van der Waals surface area contributed by atoms with Gasteiger partial charge in [0.2, 0.25) is 0 Å². The molecule has 12 heavy (non-hydrogen) atoms. The summed E-state index contributed by atoms with van der Waals surface area (Å²) in [6.45, 7) is 4.61. The highest BCUT2D eigenvalue weighted by molar-refractivity contribution is 8.03. The second kappa shape index (κ2) is 8.31. The molecule has 74 valence electrons. The van der Waals surface area contributed by atoms with Crippen molar-refractivity contribution in [3.05, 3.63) is 0 Å². The summed E-state index contributed by atoms with van der Waals surface area (Å²) in [4.78, 5) is 0. The summed E-state index contributed by atoms with van der Waals surface area (Å²) in [7, 11) is 0. The Morgan fingerprint density at radius 2 is 1.75 bits per heavy atom. The van der Waals surface area contributed by atoms with Crippen molar-refractivity contribution in [3.63, 3.8) is 0 Å². The second-order valence-electron chi connectivity index (χ2n) is 3.21. The van der Waals surface area contributed by atoms with Crippen LogP contribution >= 0.6 is 23.5 Å². The van der Waals surface area contributed by atoms with Crippen molar-refractivity contribution in [2.24, 2.45) is 0 Å². The molecule has 0 aromatic carbocycles. The molecular formula is C10H22S2. The van der Waals surface area contributed by atoms with E-state index in [-0.39, 0.29) is 0 Å². The minimum atomic E-state index is 0.817. The van der Waals surface area contributed by atoms with Gasteiger partial charge in [0.25, 0.3) is 0 Å². The first-order valence-corrected chi connectivity index (χ1v) is 7.39. The third kappa shape index (κ3) is 5.36. The summed E-state index contributed by atoms with van der Waals surface area (Å²) < 4.78 is 0. The van der Waals surface area contributed by atoms with E-state index in [1.807, 2.05) is 23.5 Å².